The average molecular weight is 317 g/mol. The minimum Gasteiger partial charge on any atom is -0.352 e. The van der Waals surface area contributed by atoms with Gasteiger partial charge in [0.2, 0.25) is 5.91 Å². The summed E-state index contributed by atoms with van der Waals surface area (Å²) in [5.74, 6) is -0.507. The first kappa shape index (κ1) is 16.8. The van der Waals surface area contributed by atoms with E-state index >= 15 is 0 Å². The van der Waals surface area contributed by atoms with Gasteiger partial charge in [0, 0.05) is 17.6 Å². The lowest BCUT2D eigenvalue weighted by atomic mass is 10.2. The van der Waals surface area contributed by atoms with Crippen molar-refractivity contribution in [3.63, 3.8) is 0 Å². The molecule has 0 aliphatic heterocycles. The average Bonchev–Trinajstić information content (AvgIpc) is 2.37. The van der Waals surface area contributed by atoms with Crippen molar-refractivity contribution in [2.75, 3.05) is 13.1 Å². The number of carbonyl (C=O) groups is 2. The van der Waals surface area contributed by atoms with Gasteiger partial charge in [0.05, 0.1) is 17.1 Å². The van der Waals surface area contributed by atoms with Crippen LogP contribution in [0.3, 0.4) is 0 Å². The fraction of sp³-hybridized carbons (Fsp3) is 0.429. The summed E-state index contributed by atoms with van der Waals surface area (Å²) in [5.41, 5.74) is 0.304. The Labute approximate surface area is 129 Å². The standard InChI is InChI=1S/C14H18Cl2N2O2/c1-4-18(8-13(19)17-9(2)3)14(20)11-7-10(15)5-6-12(11)16/h5-7,9H,4,8H2,1-3H3,(H,17,19). The van der Waals surface area contributed by atoms with Gasteiger partial charge in [-0.3, -0.25) is 9.59 Å². The van der Waals surface area contributed by atoms with Crippen LogP contribution >= 0.6 is 23.2 Å². The molecule has 20 heavy (non-hydrogen) atoms. The highest BCUT2D eigenvalue weighted by Gasteiger charge is 2.20. The Hall–Kier alpha value is -1.26. The van der Waals surface area contributed by atoms with E-state index in [0.717, 1.165) is 0 Å². The van der Waals surface area contributed by atoms with Crippen molar-refractivity contribution in [2.24, 2.45) is 0 Å². The van der Waals surface area contributed by atoms with Crippen molar-refractivity contribution in [1.82, 2.24) is 10.2 Å². The number of likely N-dealkylation sites (N-methyl/N-ethyl adjacent to an activating group) is 1. The Morgan fingerprint density at radius 3 is 2.50 bits per heavy atom. The van der Waals surface area contributed by atoms with E-state index in [1.54, 1.807) is 19.1 Å². The first-order valence-electron chi connectivity index (χ1n) is 6.38. The van der Waals surface area contributed by atoms with Gasteiger partial charge in [-0.25, -0.2) is 0 Å². The highest BCUT2D eigenvalue weighted by atomic mass is 35.5. The lowest BCUT2D eigenvalue weighted by Gasteiger charge is -2.21. The molecule has 110 valence electrons. The second kappa shape index (κ2) is 7.50. The van der Waals surface area contributed by atoms with E-state index in [0.29, 0.717) is 22.2 Å². The molecule has 0 fully saturated rings. The molecule has 0 unspecified atom stereocenters. The number of benzene rings is 1. The minimum absolute atomic E-state index is 0.00362. The number of hydrogen-bond acceptors (Lipinski definition) is 2. The van der Waals surface area contributed by atoms with Gasteiger partial charge in [-0.05, 0) is 39.0 Å². The maximum Gasteiger partial charge on any atom is 0.255 e. The van der Waals surface area contributed by atoms with Crippen molar-refractivity contribution in [3.8, 4) is 0 Å². The number of nitrogens with one attached hydrogen (secondary N) is 1. The summed E-state index contributed by atoms with van der Waals surface area (Å²) in [5, 5.41) is 3.50. The number of carbonyl (C=O) groups excluding carboxylic acids is 2. The SMILES string of the molecule is CCN(CC(=O)NC(C)C)C(=O)c1cc(Cl)ccc1Cl. The number of nitrogens with zero attached hydrogens (tertiary/aromatic N) is 1. The van der Waals surface area contributed by atoms with E-state index in [4.69, 9.17) is 23.2 Å². The van der Waals surface area contributed by atoms with E-state index in [2.05, 4.69) is 5.32 Å². The lowest BCUT2D eigenvalue weighted by molar-refractivity contribution is -0.122. The lowest BCUT2D eigenvalue weighted by Crippen LogP contribution is -2.42. The van der Waals surface area contributed by atoms with Gasteiger partial charge >= 0.3 is 0 Å². The van der Waals surface area contributed by atoms with Crippen LogP contribution in [0.25, 0.3) is 0 Å². The highest BCUT2D eigenvalue weighted by Crippen LogP contribution is 2.22. The molecule has 1 N–H and O–H groups in total. The highest BCUT2D eigenvalue weighted by molar-refractivity contribution is 6.35. The summed E-state index contributed by atoms with van der Waals surface area (Å²) < 4.78 is 0. The maximum absolute atomic E-state index is 12.4. The van der Waals surface area contributed by atoms with Gasteiger partial charge < -0.3 is 10.2 Å². The third kappa shape index (κ3) is 4.69. The van der Waals surface area contributed by atoms with E-state index in [1.807, 2.05) is 13.8 Å². The quantitative estimate of drug-likeness (QED) is 0.907. The van der Waals surface area contributed by atoms with Crippen LogP contribution in [0.15, 0.2) is 18.2 Å². The predicted molar refractivity (Wildman–Crippen MR) is 81.3 cm³/mol. The largest absolute Gasteiger partial charge is 0.352 e. The van der Waals surface area contributed by atoms with Gasteiger partial charge in [0.1, 0.15) is 0 Å². The predicted octanol–water partition coefficient (Wildman–Crippen LogP) is 2.98. The molecule has 0 radical (unpaired) electrons. The van der Waals surface area contributed by atoms with Crippen molar-refractivity contribution in [2.45, 2.75) is 26.8 Å². The molecule has 0 aliphatic carbocycles. The Morgan fingerprint density at radius 1 is 1.30 bits per heavy atom. The molecule has 0 heterocycles. The van der Waals surface area contributed by atoms with Gasteiger partial charge in [-0.15, -0.1) is 0 Å². The summed E-state index contributed by atoms with van der Waals surface area (Å²) in [7, 11) is 0. The molecule has 0 atom stereocenters. The maximum atomic E-state index is 12.4. The van der Waals surface area contributed by atoms with E-state index in [1.165, 1.54) is 11.0 Å². The molecular weight excluding hydrogens is 299 g/mol. The number of amides is 2. The number of rotatable bonds is 5. The zero-order chi connectivity index (χ0) is 15.3. The molecule has 2 amide bonds. The van der Waals surface area contributed by atoms with Crippen LogP contribution < -0.4 is 5.32 Å². The van der Waals surface area contributed by atoms with Gasteiger partial charge in [-0.1, -0.05) is 23.2 Å². The second-order valence-corrected chi connectivity index (χ2v) is 5.51. The van der Waals surface area contributed by atoms with Crippen LogP contribution in [0.4, 0.5) is 0 Å². The van der Waals surface area contributed by atoms with Crippen molar-refractivity contribution in [3.05, 3.63) is 33.8 Å². The first-order chi connectivity index (χ1) is 9.35. The fourth-order valence-corrected chi connectivity index (χ4v) is 2.07. The molecule has 1 rings (SSSR count). The van der Waals surface area contributed by atoms with Crippen LogP contribution in [0.1, 0.15) is 31.1 Å². The van der Waals surface area contributed by atoms with Crippen LogP contribution in [-0.4, -0.2) is 35.8 Å². The van der Waals surface area contributed by atoms with E-state index in [-0.39, 0.29) is 24.4 Å². The zero-order valence-corrected chi connectivity index (χ0v) is 13.3. The van der Waals surface area contributed by atoms with Crippen LogP contribution in [-0.2, 0) is 4.79 Å². The summed E-state index contributed by atoms with van der Waals surface area (Å²) >= 11 is 11.9. The number of halogens is 2. The third-order valence-corrected chi connectivity index (χ3v) is 3.18. The van der Waals surface area contributed by atoms with Crippen molar-refractivity contribution in [1.29, 1.82) is 0 Å². The molecule has 4 nitrogen and oxygen atoms in total. The summed E-state index contributed by atoms with van der Waals surface area (Å²) in [6, 6.07) is 4.72. The molecule has 1 aromatic rings. The Bertz CT molecular complexity index is 504. The van der Waals surface area contributed by atoms with E-state index < -0.39 is 0 Å². The molecule has 0 bridgehead atoms. The second-order valence-electron chi connectivity index (χ2n) is 4.67. The Morgan fingerprint density at radius 2 is 1.95 bits per heavy atom. The van der Waals surface area contributed by atoms with Crippen LogP contribution in [0.5, 0.6) is 0 Å². The molecule has 0 saturated heterocycles. The monoisotopic (exact) mass is 316 g/mol. The molecule has 0 spiro atoms. The number of hydrogen-bond donors (Lipinski definition) is 1. The summed E-state index contributed by atoms with van der Waals surface area (Å²) in [6.45, 7) is 5.94. The Kier molecular flexibility index (Phi) is 6.30. The van der Waals surface area contributed by atoms with Gasteiger partial charge in [0.25, 0.3) is 5.91 Å². The van der Waals surface area contributed by atoms with Crippen molar-refractivity contribution < 1.29 is 9.59 Å². The van der Waals surface area contributed by atoms with Crippen LogP contribution in [0, 0.1) is 0 Å². The van der Waals surface area contributed by atoms with E-state index in [9.17, 15) is 9.59 Å². The molecule has 1 aromatic carbocycles. The van der Waals surface area contributed by atoms with Gasteiger partial charge in [0.15, 0.2) is 0 Å². The molecule has 0 aromatic heterocycles. The fourth-order valence-electron chi connectivity index (χ4n) is 1.70. The normalized spacial score (nSPS) is 10.5. The summed E-state index contributed by atoms with van der Waals surface area (Å²) in [6.07, 6.45) is 0. The minimum atomic E-state index is -0.307. The molecular formula is C14H18Cl2N2O2. The first-order valence-corrected chi connectivity index (χ1v) is 7.14. The van der Waals surface area contributed by atoms with Crippen LogP contribution in [0.2, 0.25) is 10.0 Å². The smallest absolute Gasteiger partial charge is 0.255 e. The molecule has 6 heteroatoms. The topological polar surface area (TPSA) is 49.4 Å². The van der Waals surface area contributed by atoms with Crippen molar-refractivity contribution >= 4 is 35.0 Å². The molecule has 0 saturated carbocycles. The van der Waals surface area contributed by atoms with Gasteiger partial charge in [-0.2, -0.15) is 0 Å². The zero-order valence-electron chi connectivity index (χ0n) is 11.7. The summed E-state index contributed by atoms with van der Waals surface area (Å²) in [4.78, 5) is 25.5. The third-order valence-electron chi connectivity index (χ3n) is 2.61. The Balaban J connectivity index is 2.86. The molecule has 0 aliphatic rings.